The van der Waals surface area contributed by atoms with Crippen molar-refractivity contribution in [3.63, 3.8) is 0 Å². The van der Waals surface area contributed by atoms with Gasteiger partial charge < -0.3 is 35.7 Å². The van der Waals surface area contributed by atoms with E-state index >= 15 is 0 Å². The number of para-hydroxylation sites is 1. The van der Waals surface area contributed by atoms with Crippen LogP contribution in [0.3, 0.4) is 0 Å². The minimum atomic E-state index is -0.463. The number of carbonyl (C=O) groups is 3. The molecule has 276 valence electrons. The van der Waals surface area contributed by atoms with E-state index in [0.29, 0.717) is 62.9 Å². The van der Waals surface area contributed by atoms with Crippen LogP contribution >= 0.6 is 11.3 Å². The minimum Gasteiger partial charge on any atom is -0.506 e. The van der Waals surface area contributed by atoms with Crippen molar-refractivity contribution in [3.05, 3.63) is 112 Å². The Labute approximate surface area is 311 Å². The van der Waals surface area contributed by atoms with E-state index < -0.39 is 6.09 Å². The summed E-state index contributed by atoms with van der Waals surface area (Å²) in [5.74, 6) is -0.128. The van der Waals surface area contributed by atoms with Crippen molar-refractivity contribution in [1.82, 2.24) is 20.5 Å². The maximum absolute atomic E-state index is 12.7. The standard InChI is InChI=1S/C40H44N6O6S/c47-34-15-12-29(38-37(34)45-40(51)53-38)17-21-41-26-36(49)42-22-16-27-10-13-30(14-11-27)43-35(48)20-25-46-23-18-31(19-24-46)52-39(50)44-33-9-5-4-8-32(33)28-6-2-1-3-7-28/h1-15,31,41,47H,16-26H2,(H,42,49)(H,43,48)(H,44,50)(H,45,51). The fourth-order valence-electron chi connectivity index (χ4n) is 6.34. The third-order valence-electron chi connectivity index (χ3n) is 9.18. The highest BCUT2D eigenvalue weighted by molar-refractivity contribution is 7.16. The molecule has 1 aromatic heterocycles. The zero-order chi connectivity index (χ0) is 37.0. The molecule has 0 saturated carbocycles. The van der Waals surface area contributed by atoms with Gasteiger partial charge in [-0.2, -0.15) is 0 Å². The van der Waals surface area contributed by atoms with Crippen molar-refractivity contribution in [1.29, 1.82) is 0 Å². The number of aromatic hydroxyl groups is 1. The zero-order valence-electron chi connectivity index (χ0n) is 29.4. The summed E-state index contributed by atoms with van der Waals surface area (Å²) in [6.07, 6.45) is 2.40. The number of fused-ring (bicyclic) bond motifs is 1. The van der Waals surface area contributed by atoms with Gasteiger partial charge in [-0.3, -0.25) is 19.7 Å². The average molecular weight is 737 g/mol. The number of ether oxygens (including phenoxy) is 1. The van der Waals surface area contributed by atoms with Crippen molar-refractivity contribution >= 4 is 50.8 Å². The molecule has 1 aliphatic heterocycles. The Morgan fingerprint density at radius 3 is 2.40 bits per heavy atom. The number of piperidine rings is 1. The molecule has 0 spiro atoms. The molecule has 12 nitrogen and oxygen atoms in total. The molecule has 5 aromatic rings. The molecule has 0 radical (unpaired) electrons. The van der Waals surface area contributed by atoms with Crippen LogP contribution in [0.5, 0.6) is 5.75 Å². The van der Waals surface area contributed by atoms with E-state index in [9.17, 15) is 24.3 Å². The lowest BCUT2D eigenvalue weighted by atomic mass is 10.0. The Morgan fingerprint density at radius 2 is 1.60 bits per heavy atom. The summed E-state index contributed by atoms with van der Waals surface area (Å²) in [4.78, 5) is 54.0. The molecule has 0 aliphatic carbocycles. The number of hydrogen-bond acceptors (Lipinski definition) is 9. The summed E-state index contributed by atoms with van der Waals surface area (Å²) < 4.78 is 6.47. The quantitative estimate of drug-likeness (QED) is 0.0768. The summed E-state index contributed by atoms with van der Waals surface area (Å²) in [7, 11) is 0. The number of amides is 3. The first-order chi connectivity index (χ1) is 25.8. The van der Waals surface area contributed by atoms with Crippen LogP contribution in [0.25, 0.3) is 21.3 Å². The SMILES string of the molecule is O=C(CNCCc1ccc(O)c2[nH]c(=O)sc12)NCCc1ccc(NC(=O)CCN2CCC(OC(=O)Nc3ccccc3-c3ccccc3)CC2)cc1. The largest absolute Gasteiger partial charge is 0.506 e. The van der Waals surface area contributed by atoms with Crippen LogP contribution in [0.1, 0.15) is 30.4 Å². The summed E-state index contributed by atoms with van der Waals surface area (Å²) >= 11 is 1.06. The number of phenolic OH excluding ortho intramolecular Hbond substituents is 1. The van der Waals surface area contributed by atoms with Crippen molar-refractivity contribution in [2.45, 2.75) is 38.2 Å². The minimum absolute atomic E-state index is 0.0479. The fourth-order valence-corrected chi connectivity index (χ4v) is 7.24. The van der Waals surface area contributed by atoms with Crippen LogP contribution in [0.15, 0.2) is 95.8 Å². The van der Waals surface area contributed by atoms with Gasteiger partial charge in [0.25, 0.3) is 0 Å². The second-order valence-corrected chi connectivity index (χ2v) is 14.0. The second-order valence-electron chi connectivity index (χ2n) is 13.0. The first kappa shape index (κ1) is 37.3. The molecule has 6 N–H and O–H groups in total. The van der Waals surface area contributed by atoms with Crippen molar-refractivity contribution in [3.8, 4) is 16.9 Å². The van der Waals surface area contributed by atoms with Crippen molar-refractivity contribution in [2.24, 2.45) is 0 Å². The number of carbonyl (C=O) groups excluding carboxylic acids is 3. The van der Waals surface area contributed by atoms with Gasteiger partial charge in [-0.15, -0.1) is 0 Å². The van der Waals surface area contributed by atoms with Gasteiger partial charge in [0.15, 0.2) is 0 Å². The number of aromatic nitrogens is 1. The lowest BCUT2D eigenvalue weighted by Gasteiger charge is -2.31. The number of nitrogens with zero attached hydrogens (tertiary/aromatic N) is 1. The molecule has 1 aliphatic rings. The Kier molecular flexibility index (Phi) is 12.9. The molecule has 0 unspecified atom stereocenters. The molecule has 1 saturated heterocycles. The number of H-pyrrole nitrogens is 1. The third-order valence-corrected chi connectivity index (χ3v) is 10.1. The molecule has 1 fully saturated rings. The zero-order valence-corrected chi connectivity index (χ0v) is 30.2. The first-order valence-electron chi connectivity index (χ1n) is 17.8. The predicted octanol–water partition coefficient (Wildman–Crippen LogP) is 5.49. The molecule has 6 rings (SSSR count). The normalized spacial score (nSPS) is 13.4. The summed E-state index contributed by atoms with van der Waals surface area (Å²) in [5, 5.41) is 21.8. The molecule has 4 aromatic carbocycles. The maximum atomic E-state index is 12.7. The van der Waals surface area contributed by atoms with Gasteiger partial charge in [0, 0.05) is 43.9 Å². The number of benzene rings is 4. The molecular weight excluding hydrogens is 693 g/mol. The van der Waals surface area contributed by atoms with Gasteiger partial charge in [0.05, 0.1) is 16.9 Å². The number of phenols is 1. The first-order valence-corrected chi connectivity index (χ1v) is 18.7. The molecular formula is C40H44N6O6S. The number of thiazole rings is 1. The number of aromatic amines is 1. The van der Waals surface area contributed by atoms with E-state index in [1.165, 1.54) is 0 Å². The lowest BCUT2D eigenvalue weighted by molar-refractivity contribution is -0.120. The summed E-state index contributed by atoms with van der Waals surface area (Å²) in [6, 6.07) is 28.5. The molecule has 3 amide bonds. The Balaban J connectivity index is 0.824. The maximum Gasteiger partial charge on any atom is 0.411 e. The van der Waals surface area contributed by atoms with Gasteiger partial charge in [-0.25, -0.2) is 4.79 Å². The van der Waals surface area contributed by atoms with Gasteiger partial charge in [0.1, 0.15) is 17.4 Å². The summed E-state index contributed by atoms with van der Waals surface area (Å²) in [5.41, 5.74) is 5.80. The van der Waals surface area contributed by atoms with Gasteiger partial charge >= 0.3 is 11.0 Å². The number of likely N-dealkylation sites (tertiary alicyclic amines) is 1. The van der Waals surface area contributed by atoms with Crippen LogP contribution in [0, 0.1) is 0 Å². The third kappa shape index (κ3) is 10.8. The lowest BCUT2D eigenvalue weighted by Crippen LogP contribution is -2.39. The molecule has 0 bridgehead atoms. The van der Waals surface area contributed by atoms with Crippen LogP contribution in [-0.4, -0.2) is 78.3 Å². The Hall–Kier alpha value is -5.50. The number of hydrogen-bond donors (Lipinski definition) is 6. The van der Waals surface area contributed by atoms with Crippen LogP contribution in [0.4, 0.5) is 16.2 Å². The highest BCUT2D eigenvalue weighted by Crippen LogP contribution is 2.29. The highest BCUT2D eigenvalue weighted by Gasteiger charge is 2.23. The molecule has 0 atom stereocenters. The van der Waals surface area contributed by atoms with Crippen LogP contribution < -0.4 is 26.1 Å². The smallest absolute Gasteiger partial charge is 0.411 e. The molecule has 2 heterocycles. The van der Waals surface area contributed by atoms with E-state index in [0.717, 1.165) is 57.1 Å². The van der Waals surface area contributed by atoms with Gasteiger partial charge in [-0.05, 0) is 73.2 Å². The average Bonchev–Trinajstić information content (AvgIpc) is 3.57. The topological polar surface area (TPSA) is 165 Å². The predicted molar refractivity (Wildman–Crippen MR) is 209 cm³/mol. The van der Waals surface area contributed by atoms with E-state index in [1.54, 1.807) is 12.1 Å². The highest BCUT2D eigenvalue weighted by atomic mass is 32.1. The summed E-state index contributed by atoms with van der Waals surface area (Å²) in [6.45, 7) is 3.31. The Bertz CT molecular complexity index is 2060. The van der Waals surface area contributed by atoms with Crippen LogP contribution in [0.2, 0.25) is 0 Å². The van der Waals surface area contributed by atoms with Gasteiger partial charge in [0.2, 0.25) is 11.8 Å². The fraction of sp³-hybridized carbons (Fsp3) is 0.300. The second kappa shape index (κ2) is 18.3. The van der Waals surface area contributed by atoms with Crippen LogP contribution in [-0.2, 0) is 27.2 Å². The van der Waals surface area contributed by atoms with Crippen molar-refractivity contribution < 1.29 is 24.2 Å². The van der Waals surface area contributed by atoms with E-state index in [-0.39, 0.29) is 35.1 Å². The van der Waals surface area contributed by atoms with Crippen molar-refractivity contribution in [2.75, 3.05) is 49.9 Å². The Morgan fingerprint density at radius 1 is 0.849 bits per heavy atom. The number of nitrogens with one attached hydrogen (secondary N) is 5. The number of anilines is 2. The molecule has 53 heavy (non-hydrogen) atoms. The molecule has 13 heteroatoms. The monoisotopic (exact) mass is 736 g/mol. The van der Waals surface area contributed by atoms with E-state index in [4.69, 9.17) is 4.74 Å². The van der Waals surface area contributed by atoms with E-state index in [2.05, 4.69) is 31.2 Å². The number of rotatable bonds is 15. The van der Waals surface area contributed by atoms with Gasteiger partial charge in [-0.1, -0.05) is 78.1 Å². The van der Waals surface area contributed by atoms with E-state index in [1.807, 2.05) is 78.9 Å².